The van der Waals surface area contributed by atoms with Gasteiger partial charge in [-0.25, -0.2) is 4.52 Å². The zero-order valence-electron chi connectivity index (χ0n) is 4.50. The molecule has 0 aliphatic rings. The summed E-state index contributed by atoms with van der Waals surface area (Å²) in [5.74, 6) is 0. The van der Waals surface area contributed by atoms with Crippen molar-refractivity contribution in [1.82, 2.24) is 0 Å². The molecule has 3 nitrogen and oxygen atoms in total. The van der Waals surface area contributed by atoms with Crippen LogP contribution in [0.5, 0.6) is 0 Å². The predicted molar refractivity (Wildman–Crippen MR) is 38.5 cm³/mol. The van der Waals surface area contributed by atoms with E-state index in [4.69, 9.17) is 9.79 Å². The number of alkyl halides is 3. The molecule has 2 N–H and O–H groups in total. The molecule has 0 aliphatic heterocycles. The first kappa shape index (κ1) is 10.9. The molecular formula is C2H4BrF2O3PS. The second-order valence-corrected chi connectivity index (χ2v) is 4.50. The summed E-state index contributed by atoms with van der Waals surface area (Å²) >= 11 is 6.20. The van der Waals surface area contributed by atoms with Crippen LogP contribution in [0.25, 0.3) is 0 Å². The van der Waals surface area contributed by atoms with Crippen molar-refractivity contribution in [1.29, 1.82) is 0 Å². The van der Waals surface area contributed by atoms with Crippen molar-refractivity contribution in [2.45, 2.75) is 6.11 Å². The summed E-state index contributed by atoms with van der Waals surface area (Å²) in [6.45, 7) is -4.25. The highest BCUT2D eigenvalue weighted by Crippen LogP contribution is 2.43. The lowest BCUT2D eigenvalue weighted by molar-refractivity contribution is -0.158. The normalized spacial score (nSPS) is 13.7. The average molecular weight is 257 g/mol. The summed E-state index contributed by atoms with van der Waals surface area (Å²) in [6.07, 6.45) is -3.61. The molecule has 0 unspecified atom stereocenters. The molecule has 0 aromatic rings. The Morgan fingerprint density at radius 2 is 2.00 bits per heavy atom. The minimum Gasteiger partial charge on any atom is -0.324 e. The fourth-order valence-corrected chi connectivity index (χ4v) is 1.23. The lowest BCUT2D eigenvalue weighted by atomic mass is 10.8. The second kappa shape index (κ2) is 3.51. The zero-order chi connectivity index (χ0) is 8.41. The van der Waals surface area contributed by atoms with Gasteiger partial charge in [-0.15, -0.1) is 0 Å². The molecule has 0 saturated heterocycles. The summed E-state index contributed by atoms with van der Waals surface area (Å²) < 4.78 is 27.5. The number of hydrogen-bond acceptors (Lipinski definition) is 2. The van der Waals surface area contributed by atoms with Crippen LogP contribution in [0.2, 0.25) is 0 Å². The van der Waals surface area contributed by atoms with E-state index in [0.29, 0.717) is 0 Å². The molecule has 0 aromatic carbocycles. The molecule has 0 heterocycles. The van der Waals surface area contributed by atoms with Gasteiger partial charge in [-0.1, -0.05) is 15.9 Å². The molecule has 0 rings (SSSR count). The fraction of sp³-hybridized carbons (Fsp3) is 1.00. The van der Waals surface area contributed by atoms with Crippen LogP contribution >= 0.6 is 22.6 Å². The molecule has 0 aliphatic carbocycles. The van der Waals surface area contributed by atoms with E-state index in [2.05, 4.69) is 32.3 Å². The fourth-order valence-electron chi connectivity index (χ4n) is 0.198. The van der Waals surface area contributed by atoms with Gasteiger partial charge >= 0.3 is 12.8 Å². The lowest BCUT2D eigenvalue weighted by Gasteiger charge is -2.15. The molecule has 0 saturated carbocycles. The molecule has 0 aromatic heterocycles. The third-order valence-electron chi connectivity index (χ3n) is 0.408. The number of rotatable bonds is 3. The first-order valence-corrected chi connectivity index (χ1v) is 5.72. The van der Waals surface area contributed by atoms with Crippen molar-refractivity contribution in [2.75, 3.05) is 5.33 Å². The summed E-state index contributed by atoms with van der Waals surface area (Å²) in [6, 6.07) is 0. The van der Waals surface area contributed by atoms with E-state index in [0.717, 1.165) is 0 Å². The Morgan fingerprint density at radius 3 is 2.10 bits per heavy atom. The van der Waals surface area contributed by atoms with Crippen LogP contribution in [0.15, 0.2) is 0 Å². The minimum absolute atomic E-state index is 0.820. The standard InChI is InChI=1S/C2H4BrF2O3PS/c3-1-2(4,5)8-9(6,7)10/h1H2,(H2,6,7,10). The topological polar surface area (TPSA) is 49.7 Å². The maximum Gasteiger partial charge on any atom is 0.372 e. The minimum atomic E-state index is -4.25. The highest BCUT2D eigenvalue weighted by atomic mass is 79.9. The lowest BCUT2D eigenvalue weighted by Crippen LogP contribution is -2.20. The van der Waals surface area contributed by atoms with Crippen molar-refractivity contribution < 1.29 is 23.1 Å². The van der Waals surface area contributed by atoms with Crippen LogP contribution in [-0.2, 0) is 16.3 Å². The van der Waals surface area contributed by atoms with Crippen molar-refractivity contribution in [2.24, 2.45) is 0 Å². The third-order valence-corrected chi connectivity index (χ3v) is 1.79. The quantitative estimate of drug-likeness (QED) is 0.589. The van der Waals surface area contributed by atoms with Crippen LogP contribution in [0.1, 0.15) is 0 Å². The molecular weight excluding hydrogens is 253 g/mol. The van der Waals surface area contributed by atoms with Gasteiger partial charge in [0.05, 0.1) is 5.33 Å². The van der Waals surface area contributed by atoms with E-state index in [1.165, 1.54) is 0 Å². The molecule has 0 bridgehead atoms. The molecule has 62 valence electrons. The first-order chi connectivity index (χ1) is 4.27. The van der Waals surface area contributed by atoms with Gasteiger partial charge in [0.2, 0.25) is 0 Å². The van der Waals surface area contributed by atoms with Crippen LogP contribution in [-0.4, -0.2) is 21.2 Å². The van der Waals surface area contributed by atoms with Gasteiger partial charge in [-0.2, -0.15) is 8.78 Å². The van der Waals surface area contributed by atoms with Crippen LogP contribution in [0.3, 0.4) is 0 Å². The largest absolute Gasteiger partial charge is 0.372 e. The molecule has 0 amide bonds. The van der Waals surface area contributed by atoms with Gasteiger partial charge in [0, 0.05) is 0 Å². The van der Waals surface area contributed by atoms with Crippen LogP contribution < -0.4 is 0 Å². The van der Waals surface area contributed by atoms with E-state index >= 15 is 0 Å². The number of halogens is 3. The summed E-state index contributed by atoms with van der Waals surface area (Å²) in [5, 5.41) is -0.820. The van der Waals surface area contributed by atoms with Crippen LogP contribution in [0, 0.1) is 0 Å². The molecule has 0 radical (unpaired) electrons. The summed E-state index contributed by atoms with van der Waals surface area (Å²) in [7, 11) is 0. The van der Waals surface area contributed by atoms with E-state index in [9.17, 15) is 8.78 Å². The summed E-state index contributed by atoms with van der Waals surface area (Å²) in [5.41, 5.74) is 0. The average Bonchev–Trinajstić information content (AvgIpc) is 1.60. The van der Waals surface area contributed by atoms with Gasteiger partial charge in [-0.3, -0.25) is 0 Å². The molecule has 8 heteroatoms. The smallest absolute Gasteiger partial charge is 0.324 e. The first-order valence-electron chi connectivity index (χ1n) is 1.97. The Morgan fingerprint density at radius 1 is 1.60 bits per heavy atom. The molecule has 0 fully saturated rings. The van der Waals surface area contributed by atoms with Gasteiger partial charge in [0.25, 0.3) is 0 Å². The van der Waals surface area contributed by atoms with Crippen LogP contribution in [0.4, 0.5) is 8.78 Å². The maximum atomic E-state index is 12.0. The second-order valence-electron chi connectivity index (χ2n) is 1.35. The van der Waals surface area contributed by atoms with Gasteiger partial charge < -0.3 is 9.79 Å². The maximum absolute atomic E-state index is 12.0. The van der Waals surface area contributed by atoms with E-state index in [-0.39, 0.29) is 0 Å². The molecule has 0 spiro atoms. The van der Waals surface area contributed by atoms with E-state index in [1.54, 1.807) is 0 Å². The number of hydrogen-bond donors (Lipinski definition) is 2. The third kappa shape index (κ3) is 5.64. The predicted octanol–water partition coefficient (Wildman–Crippen LogP) is 1.20. The SMILES string of the molecule is OP(O)(=S)OC(F)(F)CBr. The molecule has 0 atom stereocenters. The van der Waals surface area contributed by atoms with Gasteiger partial charge in [0.1, 0.15) is 0 Å². The van der Waals surface area contributed by atoms with Gasteiger partial charge in [-0.05, 0) is 11.8 Å². The Labute approximate surface area is 69.4 Å². The van der Waals surface area contributed by atoms with Crippen molar-refractivity contribution in [3.63, 3.8) is 0 Å². The van der Waals surface area contributed by atoms with Gasteiger partial charge in [0.15, 0.2) is 0 Å². The Kier molecular flexibility index (Phi) is 3.82. The Balaban J connectivity index is 4.02. The van der Waals surface area contributed by atoms with E-state index < -0.39 is 18.2 Å². The highest BCUT2D eigenvalue weighted by molar-refractivity contribution is 9.09. The zero-order valence-corrected chi connectivity index (χ0v) is 7.80. The monoisotopic (exact) mass is 256 g/mol. The highest BCUT2D eigenvalue weighted by Gasteiger charge is 2.34. The molecule has 10 heavy (non-hydrogen) atoms. The Bertz CT molecular complexity index is 159. The van der Waals surface area contributed by atoms with Crippen molar-refractivity contribution in [3.05, 3.63) is 0 Å². The summed E-state index contributed by atoms with van der Waals surface area (Å²) in [4.78, 5) is 16.5. The Hall–Kier alpha value is 0.870. The van der Waals surface area contributed by atoms with Crippen molar-refractivity contribution in [3.8, 4) is 0 Å². The van der Waals surface area contributed by atoms with E-state index in [1.807, 2.05) is 0 Å². The van der Waals surface area contributed by atoms with Crippen molar-refractivity contribution >= 4 is 34.5 Å².